The molecule has 1 aromatic heterocycles. The van der Waals surface area contributed by atoms with Crippen LogP contribution in [0.25, 0.3) is 0 Å². The highest BCUT2D eigenvalue weighted by atomic mass is 35.5. The fourth-order valence-electron chi connectivity index (χ4n) is 2.59. The molecule has 0 aliphatic heterocycles. The minimum Gasteiger partial charge on any atom is -0.341 e. The average molecular weight is 267 g/mol. The Morgan fingerprint density at radius 1 is 1.44 bits per heavy atom. The van der Waals surface area contributed by atoms with E-state index in [4.69, 9.17) is 11.6 Å². The molecule has 0 bridgehead atoms. The van der Waals surface area contributed by atoms with Crippen molar-refractivity contribution >= 4 is 17.5 Å². The average Bonchev–Trinajstić information content (AvgIpc) is 2.39. The summed E-state index contributed by atoms with van der Waals surface area (Å²) in [5.41, 5.74) is 0.498. The maximum absolute atomic E-state index is 12.2. The normalized spacial score (nSPS) is 16.6. The van der Waals surface area contributed by atoms with E-state index in [0.717, 1.165) is 6.54 Å². The number of rotatable bonds is 3. The predicted octanol–water partition coefficient (Wildman–Crippen LogP) is 3.39. The smallest absolute Gasteiger partial charge is 0.256 e. The van der Waals surface area contributed by atoms with Gasteiger partial charge in [-0.3, -0.25) is 4.79 Å². The fraction of sp³-hybridized carbons (Fsp3) is 0.571. The van der Waals surface area contributed by atoms with E-state index in [1.54, 1.807) is 23.2 Å². The van der Waals surface area contributed by atoms with Gasteiger partial charge in [0.05, 0.1) is 5.56 Å². The molecule has 0 atom stereocenters. The molecule has 18 heavy (non-hydrogen) atoms. The van der Waals surface area contributed by atoms with Gasteiger partial charge in [-0.15, -0.1) is 0 Å². The van der Waals surface area contributed by atoms with Crippen molar-refractivity contribution in [2.24, 2.45) is 5.92 Å². The molecule has 1 heterocycles. The summed E-state index contributed by atoms with van der Waals surface area (Å²) in [7, 11) is 1.85. The van der Waals surface area contributed by atoms with E-state index in [-0.39, 0.29) is 11.1 Å². The van der Waals surface area contributed by atoms with E-state index in [1.807, 2.05) is 7.05 Å². The Hall–Kier alpha value is -1.09. The van der Waals surface area contributed by atoms with Crippen LogP contribution in [0.4, 0.5) is 0 Å². The Bertz CT molecular complexity index is 416. The van der Waals surface area contributed by atoms with E-state index < -0.39 is 0 Å². The van der Waals surface area contributed by atoms with Crippen molar-refractivity contribution in [2.75, 3.05) is 13.6 Å². The predicted molar refractivity (Wildman–Crippen MR) is 72.8 cm³/mol. The van der Waals surface area contributed by atoms with Gasteiger partial charge in [-0.25, -0.2) is 4.98 Å². The molecule has 0 radical (unpaired) electrons. The van der Waals surface area contributed by atoms with Gasteiger partial charge in [0.1, 0.15) is 5.15 Å². The van der Waals surface area contributed by atoms with Crippen LogP contribution in [0.15, 0.2) is 18.3 Å². The highest BCUT2D eigenvalue weighted by molar-refractivity contribution is 6.32. The van der Waals surface area contributed by atoms with Crippen LogP contribution in [-0.4, -0.2) is 29.4 Å². The second-order valence-electron chi connectivity index (χ2n) is 5.03. The monoisotopic (exact) mass is 266 g/mol. The molecule has 3 nitrogen and oxygen atoms in total. The highest BCUT2D eigenvalue weighted by Crippen LogP contribution is 2.25. The Balaban J connectivity index is 1.98. The van der Waals surface area contributed by atoms with Gasteiger partial charge < -0.3 is 4.90 Å². The summed E-state index contributed by atoms with van der Waals surface area (Å²) >= 11 is 5.95. The molecule has 0 saturated heterocycles. The van der Waals surface area contributed by atoms with Crippen molar-refractivity contribution in [1.29, 1.82) is 0 Å². The number of amides is 1. The van der Waals surface area contributed by atoms with Crippen molar-refractivity contribution in [3.8, 4) is 0 Å². The van der Waals surface area contributed by atoms with Crippen LogP contribution in [0.5, 0.6) is 0 Å². The lowest BCUT2D eigenvalue weighted by atomic mass is 9.89. The number of aromatic nitrogens is 1. The number of nitrogens with zero attached hydrogens (tertiary/aromatic N) is 2. The molecule has 4 heteroatoms. The molecule has 1 amide bonds. The van der Waals surface area contributed by atoms with Crippen LogP contribution in [-0.2, 0) is 0 Å². The van der Waals surface area contributed by atoms with E-state index in [0.29, 0.717) is 11.5 Å². The van der Waals surface area contributed by atoms with Crippen LogP contribution in [0, 0.1) is 5.92 Å². The standard InChI is InChI=1S/C14H19ClN2O/c1-17(10-11-6-3-2-4-7-11)14(18)12-8-5-9-16-13(12)15/h5,8-9,11H,2-4,6-7,10H2,1H3. The van der Waals surface area contributed by atoms with Gasteiger partial charge >= 0.3 is 0 Å². The second-order valence-corrected chi connectivity index (χ2v) is 5.39. The van der Waals surface area contributed by atoms with E-state index in [1.165, 1.54) is 32.1 Å². The fourth-order valence-corrected chi connectivity index (χ4v) is 2.79. The third-order valence-corrected chi connectivity index (χ3v) is 3.89. The van der Waals surface area contributed by atoms with Crippen molar-refractivity contribution in [3.63, 3.8) is 0 Å². The van der Waals surface area contributed by atoms with Gasteiger partial charge in [0.25, 0.3) is 5.91 Å². The van der Waals surface area contributed by atoms with Crippen LogP contribution < -0.4 is 0 Å². The zero-order valence-corrected chi connectivity index (χ0v) is 11.5. The molecule has 1 aromatic rings. The zero-order chi connectivity index (χ0) is 13.0. The topological polar surface area (TPSA) is 33.2 Å². The van der Waals surface area contributed by atoms with Crippen LogP contribution >= 0.6 is 11.6 Å². The van der Waals surface area contributed by atoms with Gasteiger partial charge in [0.15, 0.2) is 0 Å². The first-order valence-corrected chi connectivity index (χ1v) is 6.92. The van der Waals surface area contributed by atoms with E-state index in [9.17, 15) is 4.79 Å². The van der Waals surface area contributed by atoms with Gasteiger partial charge in [-0.2, -0.15) is 0 Å². The maximum Gasteiger partial charge on any atom is 0.256 e. The van der Waals surface area contributed by atoms with Gasteiger partial charge in [0, 0.05) is 19.8 Å². The third kappa shape index (κ3) is 3.22. The molecule has 1 aliphatic carbocycles. The molecule has 0 spiro atoms. The van der Waals surface area contributed by atoms with Gasteiger partial charge in [-0.05, 0) is 30.9 Å². The summed E-state index contributed by atoms with van der Waals surface area (Å²) in [6.45, 7) is 0.823. The van der Waals surface area contributed by atoms with Crippen LogP contribution in [0.1, 0.15) is 42.5 Å². The number of halogens is 1. The van der Waals surface area contributed by atoms with E-state index in [2.05, 4.69) is 4.98 Å². The summed E-state index contributed by atoms with van der Waals surface area (Å²) in [5.74, 6) is 0.613. The maximum atomic E-state index is 12.2. The lowest BCUT2D eigenvalue weighted by Gasteiger charge is -2.27. The zero-order valence-electron chi connectivity index (χ0n) is 10.7. The minimum atomic E-state index is -0.0290. The van der Waals surface area contributed by atoms with E-state index >= 15 is 0 Å². The molecule has 2 rings (SSSR count). The van der Waals surface area contributed by atoms with Crippen molar-refractivity contribution in [1.82, 2.24) is 9.88 Å². The molecule has 0 unspecified atom stereocenters. The summed E-state index contributed by atoms with van der Waals surface area (Å²) in [6, 6.07) is 3.47. The number of pyridine rings is 1. The van der Waals surface area contributed by atoms with Gasteiger partial charge in [0.2, 0.25) is 0 Å². The Labute approximate surface area is 113 Å². The first-order chi connectivity index (χ1) is 8.68. The first-order valence-electron chi connectivity index (χ1n) is 6.54. The molecule has 0 aromatic carbocycles. The summed E-state index contributed by atoms with van der Waals surface area (Å²) in [5, 5.41) is 0.290. The molecular formula is C14H19ClN2O. The lowest BCUT2D eigenvalue weighted by molar-refractivity contribution is 0.0760. The number of hydrogen-bond acceptors (Lipinski definition) is 2. The highest BCUT2D eigenvalue weighted by Gasteiger charge is 2.20. The second kappa shape index (κ2) is 6.19. The van der Waals surface area contributed by atoms with Crippen molar-refractivity contribution in [3.05, 3.63) is 29.0 Å². The quantitative estimate of drug-likeness (QED) is 0.786. The summed E-state index contributed by atoms with van der Waals surface area (Å²) in [4.78, 5) is 18.0. The number of carbonyl (C=O) groups excluding carboxylic acids is 1. The Morgan fingerprint density at radius 3 is 2.83 bits per heavy atom. The van der Waals surface area contributed by atoms with Crippen LogP contribution in [0.3, 0.4) is 0 Å². The molecule has 1 fully saturated rings. The third-order valence-electron chi connectivity index (χ3n) is 3.59. The Morgan fingerprint density at radius 2 is 2.17 bits per heavy atom. The van der Waals surface area contributed by atoms with Crippen molar-refractivity contribution in [2.45, 2.75) is 32.1 Å². The largest absolute Gasteiger partial charge is 0.341 e. The SMILES string of the molecule is CN(CC1CCCCC1)C(=O)c1cccnc1Cl. The number of carbonyl (C=O) groups is 1. The lowest BCUT2D eigenvalue weighted by Crippen LogP contribution is -2.32. The molecule has 1 saturated carbocycles. The Kier molecular flexibility index (Phi) is 4.59. The van der Waals surface area contributed by atoms with Crippen molar-refractivity contribution < 1.29 is 4.79 Å². The minimum absolute atomic E-state index is 0.0290. The number of hydrogen-bond donors (Lipinski definition) is 0. The molecular weight excluding hydrogens is 248 g/mol. The summed E-state index contributed by atoms with van der Waals surface area (Å²) < 4.78 is 0. The first kappa shape index (κ1) is 13.3. The van der Waals surface area contributed by atoms with Crippen LogP contribution in [0.2, 0.25) is 5.15 Å². The molecule has 0 N–H and O–H groups in total. The summed E-state index contributed by atoms with van der Waals surface area (Å²) in [6.07, 6.45) is 7.99. The van der Waals surface area contributed by atoms with Gasteiger partial charge in [-0.1, -0.05) is 30.9 Å². The molecule has 98 valence electrons. The molecule has 1 aliphatic rings.